The van der Waals surface area contributed by atoms with E-state index in [1.165, 1.54) is 22.8 Å². The zero-order chi connectivity index (χ0) is 22.7. The summed E-state index contributed by atoms with van der Waals surface area (Å²) in [7, 11) is -0.374. The number of hydrogen-bond donors (Lipinski definition) is 1. The van der Waals surface area contributed by atoms with Crippen molar-refractivity contribution in [2.24, 2.45) is 0 Å². The molecule has 1 aromatic heterocycles. The van der Waals surface area contributed by atoms with Crippen molar-refractivity contribution in [3.63, 3.8) is 0 Å². The molecule has 1 fully saturated rings. The molecule has 0 aliphatic carbocycles. The predicted molar refractivity (Wildman–Crippen MR) is 125 cm³/mol. The van der Waals surface area contributed by atoms with Crippen LogP contribution in [0, 0.1) is 0 Å². The number of anilines is 1. The molecule has 2 heterocycles. The highest BCUT2D eigenvalue weighted by molar-refractivity contribution is 7.91. The van der Waals surface area contributed by atoms with Gasteiger partial charge in [-0.05, 0) is 54.8 Å². The second-order valence-electron chi connectivity index (χ2n) is 7.33. The Labute approximate surface area is 191 Å². The van der Waals surface area contributed by atoms with Crippen LogP contribution in [0.4, 0.5) is 5.69 Å². The molecule has 1 N–H and O–H groups in total. The standard InChI is InChI=1S/C23H24N2O5S2/c1-29-18-8-9-19(20(15-18)30-2)24-23(26)17-7-5-6-16(14-17)21-10-11-22(31-21)32(27,28)25-12-3-4-13-25/h5-11,14-15H,3-4,12-13H2,1-2H3,(H,24,26). The Morgan fingerprint density at radius 2 is 1.78 bits per heavy atom. The van der Waals surface area contributed by atoms with Gasteiger partial charge in [0.2, 0.25) is 0 Å². The fourth-order valence-corrected chi connectivity index (χ4v) is 6.55. The average Bonchev–Trinajstić information content (AvgIpc) is 3.52. The summed E-state index contributed by atoms with van der Waals surface area (Å²) in [5.41, 5.74) is 1.77. The van der Waals surface area contributed by atoms with Crippen LogP contribution in [0.3, 0.4) is 0 Å². The summed E-state index contributed by atoms with van der Waals surface area (Å²) in [5.74, 6) is 0.819. The Morgan fingerprint density at radius 1 is 1.00 bits per heavy atom. The normalized spacial score (nSPS) is 14.3. The molecular formula is C23H24N2O5S2. The van der Waals surface area contributed by atoms with Gasteiger partial charge in [-0.2, -0.15) is 4.31 Å². The van der Waals surface area contributed by atoms with Crippen LogP contribution in [0.25, 0.3) is 10.4 Å². The third kappa shape index (κ3) is 4.50. The number of thiophene rings is 1. The quantitative estimate of drug-likeness (QED) is 0.548. The Balaban J connectivity index is 1.55. The Bertz CT molecular complexity index is 1230. The smallest absolute Gasteiger partial charge is 0.255 e. The van der Waals surface area contributed by atoms with Gasteiger partial charge in [0, 0.05) is 29.6 Å². The van der Waals surface area contributed by atoms with Crippen LogP contribution >= 0.6 is 11.3 Å². The van der Waals surface area contributed by atoms with Gasteiger partial charge in [-0.15, -0.1) is 11.3 Å². The minimum Gasteiger partial charge on any atom is -0.497 e. The van der Waals surface area contributed by atoms with Gasteiger partial charge in [0.15, 0.2) is 0 Å². The number of carbonyl (C=O) groups excluding carboxylic acids is 1. The van der Waals surface area contributed by atoms with E-state index < -0.39 is 10.0 Å². The number of sulfonamides is 1. The highest BCUT2D eigenvalue weighted by Gasteiger charge is 2.28. The molecule has 1 amide bonds. The summed E-state index contributed by atoms with van der Waals surface area (Å²) in [6.07, 6.45) is 1.79. The number of carbonyl (C=O) groups is 1. The lowest BCUT2D eigenvalue weighted by Gasteiger charge is -2.13. The summed E-state index contributed by atoms with van der Waals surface area (Å²) in [6, 6.07) is 15.7. The topological polar surface area (TPSA) is 84.9 Å². The first-order chi connectivity index (χ1) is 15.4. The first-order valence-electron chi connectivity index (χ1n) is 10.2. The van der Waals surface area contributed by atoms with E-state index in [4.69, 9.17) is 9.47 Å². The minimum atomic E-state index is -3.46. The van der Waals surface area contributed by atoms with Crippen molar-refractivity contribution in [1.29, 1.82) is 0 Å². The maximum absolute atomic E-state index is 12.9. The second-order valence-corrected chi connectivity index (χ2v) is 10.6. The van der Waals surface area contributed by atoms with Gasteiger partial charge in [-0.1, -0.05) is 12.1 Å². The number of methoxy groups -OCH3 is 2. The largest absolute Gasteiger partial charge is 0.497 e. The molecule has 3 aromatic rings. The van der Waals surface area contributed by atoms with Crippen LogP contribution in [0.5, 0.6) is 11.5 Å². The number of ether oxygens (including phenoxy) is 2. The molecule has 9 heteroatoms. The van der Waals surface area contributed by atoms with E-state index in [-0.39, 0.29) is 5.91 Å². The van der Waals surface area contributed by atoms with Gasteiger partial charge in [0.1, 0.15) is 15.7 Å². The van der Waals surface area contributed by atoms with Crippen LogP contribution < -0.4 is 14.8 Å². The van der Waals surface area contributed by atoms with Crippen molar-refractivity contribution in [3.05, 3.63) is 60.2 Å². The van der Waals surface area contributed by atoms with E-state index in [0.717, 1.165) is 23.3 Å². The summed E-state index contributed by atoms with van der Waals surface area (Å²) < 4.78 is 38.0. The number of rotatable bonds is 7. The highest BCUT2D eigenvalue weighted by Crippen LogP contribution is 2.34. The van der Waals surface area contributed by atoms with Crippen LogP contribution in [0.15, 0.2) is 58.8 Å². The second kappa shape index (κ2) is 9.32. The van der Waals surface area contributed by atoms with Gasteiger partial charge >= 0.3 is 0 Å². The maximum Gasteiger partial charge on any atom is 0.255 e. The lowest BCUT2D eigenvalue weighted by atomic mass is 10.1. The van der Waals surface area contributed by atoms with E-state index >= 15 is 0 Å². The number of hydrogen-bond acceptors (Lipinski definition) is 6. The molecule has 0 saturated carbocycles. The number of benzene rings is 2. The van der Waals surface area contributed by atoms with E-state index in [1.54, 1.807) is 55.6 Å². The fourth-order valence-electron chi connectivity index (χ4n) is 3.58. The van der Waals surface area contributed by atoms with Crippen molar-refractivity contribution in [1.82, 2.24) is 4.31 Å². The van der Waals surface area contributed by atoms with Crippen molar-refractivity contribution in [3.8, 4) is 21.9 Å². The van der Waals surface area contributed by atoms with Gasteiger partial charge in [-0.3, -0.25) is 4.79 Å². The van der Waals surface area contributed by atoms with Crippen LogP contribution in [-0.4, -0.2) is 45.9 Å². The van der Waals surface area contributed by atoms with Crippen molar-refractivity contribution >= 4 is 33.0 Å². The zero-order valence-corrected chi connectivity index (χ0v) is 19.5. The van der Waals surface area contributed by atoms with E-state index in [0.29, 0.717) is 40.0 Å². The molecule has 2 aromatic carbocycles. The zero-order valence-electron chi connectivity index (χ0n) is 17.8. The van der Waals surface area contributed by atoms with Gasteiger partial charge < -0.3 is 14.8 Å². The van der Waals surface area contributed by atoms with E-state index in [1.807, 2.05) is 6.07 Å². The Morgan fingerprint density at radius 3 is 2.50 bits per heavy atom. The molecule has 1 aliphatic heterocycles. The van der Waals surface area contributed by atoms with Crippen molar-refractivity contribution in [2.75, 3.05) is 32.6 Å². The van der Waals surface area contributed by atoms with Crippen molar-refractivity contribution in [2.45, 2.75) is 17.1 Å². The van der Waals surface area contributed by atoms with E-state index in [9.17, 15) is 13.2 Å². The molecular weight excluding hydrogens is 448 g/mol. The molecule has 1 saturated heterocycles. The molecule has 0 bridgehead atoms. The van der Waals surface area contributed by atoms with Gasteiger partial charge in [0.25, 0.3) is 15.9 Å². The summed E-state index contributed by atoms with van der Waals surface area (Å²) in [6.45, 7) is 1.14. The van der Waals surface area contributed by atoms with E-state index in [2.05, 4.69) is 5.32 Å². The first-order valence-corrected chi connectivity index (χ1v) is 12.4. The number of nitrogens with zero attached hydrogens (tertiary/aromatic N) is 1. The lowest BCUT2D eigenvalue weighted by molar-refractivity contribution is 0.102. The maximum atomic E-state index is 12.9. The number of amides is 1. The predicted octanol–water partition coefficient (Wildman–Crippen LogP) is 4.47. The van der Waals surface area contributed by atoms with Crippen LogP contribution in [-0.2, 0) is 10.0 Å². The monoisotopic (exact) mass is 472 g/mol. The highest BCUT2D eigenvalue weighted by atomic mass is 32.2. The molecule has 0 spiro atoms. The number of nitrogens with one attached hydrogen (secondary N) is 1. The minimum absolute atomic E-state index is 0.295. The van der Waals surface area contributed by atoms with Crippen LogP contribution in [0.1, 0.15) is 23.2 Å². The summed E-state index contributed by atoms with van der Waals surface area (Å²) >= 11 is 1.22. The summed E-state index contributed by atoms with van der Waals surface area (Å²) in [4.78, 5) is 13.7. The Kier molecular flexibility index (Phi) is 6.50. The SMILES string of the molecule is COc1ccc(NC(=O)c2cccc(-c3ccc(S(=O)(=O)N4CCCC4)s3)c2)c(OC)c1. The molecule has 7 nitrogen and oxygen atoms in total. The first kappa shape index (κ1) is 22.3. The molecule has 4 rings (SSSR count). The van der Waals surface area contributed by atoms with Gasteiger partial charge in [0.05, 0.1) is 19.9 Å². The Hall–Kier alpha value is -2.88. The third-order valence-electron chi connectivity index (χ3n) is 5.31. The molecule has 32 heavy (non-hydrogen) atoms. The summed E-state index contributed by atoms with van der Waals surface area (Å²) in [5, 5.41) is 2.86. The molecule has 0 atom stereocenters. The van der Waals surface area contributed by atoms with Crippen molar-refractivity contribution < 1.29 is 22.7 Å². The average molecular weight is 473 g/mol. The molecule has 168 valence electrons. The molecule has 0 unspecified atom stereocenters. The molecule has 1 aliphatic rings. The van der Waals surface area contributed by atoms with Gasteiger partial charge in [-0.25, -0.2) is 8.42 Å². The third-order valence-corrected chi connectivity index (χ3v) is 8.81. The lowest BCUT2D eigenvalue weighted by Crippen LogP contribution is -2.27. The fraction of sp³-hybridized carbons (Fsp3) is 0.261. The molecule has 0 radical (unpaired) electrons. The van der Waals surface area contributed by atoms with Crippen LogP contribution in [0.2, 0.25) is 0 Å².